The average Bonchev–Trinajstić information content (AvgIpc) is 2.27. The van der Waals surface area contributed by atoms with E-state index in [0.717, 1.165) is 18.4 Å². The second-order valence-electron chi connectivity index (χ2n) is 4.19. The lowest BCUT2D eigenvalue weighted by Gasteiger charge is -2.14. The lowest BCUT2D eigenvalue weighted by atomic mass is 10.1. The molecule has 3 nitrogen and oxygen atoms in total. The Bertz CT molecular complexity index is 392. The van der Waals surface area contributed by atoms with Crippen LogP contribution >= 0.6 is 15.9 Å². The summed E-state index contributed by atoms with van der Waals surface area (Å²) in [6.45, 7) is 2.36. The second-order valence-corrected chi connectivity index (χ2v) is 5.11. The van der Waals surface area contributed by atoms with Crippen molar-refractivity contribution in [2.75, 3.05) is 0 Å². The van der Waals surface area contributed by atoms with Gasteiger partial charge in [-0.2, -0.15) is 0 Å². The van der Waals surface area contributed by atoms with Gasteiger partial charge in [-0.25, -0.2) is 4.39 Å². The number of hydrogen-bond donors (Lipinski definition) is 2. The zero-order valence-corrected chi connectivity index (χ0v) is 11.8. The van der Waals surface area contributed by atoms with Crippen LogP contribution in [0.25, 0.3) is 0 Å². The van der Waals surface area contributed by atoms with E-state index < -0.39 is 12.0 Å². The monoisotopic (exact) mass is 317 g/mol. The number of unbranched alkanes of at least 4 members (excludes halogenated alkanes) is 1. The van der Waals surface area contributed by atoms with Gasteiger partial charge in [0.1, 0.15) is 11.9 Å². The first-order chi connectivity index (χ1) is 8.52. The Hall–Kier alpha value is -0.940. The van der Waals surface area contributed by atoms with Crippen molar-refractivity contribution in [2.24, 2.45) is 0 Å². The Kier molecular flexibility index (Phi) is 6.29. The lowest BCUT2D eigenvalue weighted by Crippen LogP contribution is -2.36. The molecule has 0 saturated carbocycles. The fourth-order valence-corrected chi connectivity index (χ4v) is 2.19. The Morgan fingerprint density at radius 2 is 2.22 bits per heavy atom. The summed E-state index contributed by atoms with van der Waals surface area (Å²) in [5.41, 5.74) is 0.727. The summed E-state index contributed by atoms with van der Waals surface area (Å²) in [5.74, 6) is -1.19. The van der Waals surface area contributed by atoms with Crippen LogP contribution in [0.4, 0.5) is 4.39 Å². The molecular weight excluding hydrogens is 301 g/mol. The first-order valence-electron chi connectivity index (χ1n) is 5.94. The van der Waals surface area contributed by atoms with Gasteiger partial charge in [-0.05, 0) is 30.2 Å². The van der Waals surface area contributed by atoms with Crippen molar-refractivity contribution in [3.8, 4) is 0 Å². The van der Waals surface area contributed by atoms with Gasteiger partial charge in [0.2, 0.25) is 0 Å². The van der Waals surface area contributed by atoms with Crippen LogP contribution < -0.4 is 5.32 Å². The highest BCUT2D eigenvalue weighted by atomic mass is 79.9. The van der Waals surface area contributed by atoms with Crippen molar-refractivity contribution in [3.05, 3.63) is 34.1 Å². The van der Waals surface area contributed by atoms with Crippen LogP contribution in [-0.4, -0.2) is 17.1 Å². The number of carbonyl (C=O) groups is 1. The lowest BCUT2D eigenvalue weighted by molar-refractivity contribution is -0.139. The SMILES string of the molecule is CCCC[C@H](NCc1cc(F)cc(Br)c1)C(=O)O. The quantitative estimate of drug-likeness (QED) is 0.811. The molecule has 0 aliphatic heterocycles. The molecule has 100 valence electrons. The minimum atomic E-state index is -0.862. The van der Waals surface area contributed by atoms with Gasteiger partial charge in [-0.3, -0.25) is 4.79 Å². The average molecular weight is 318 g/mol. The molecule has 2 N–H and O–H groups in total. The van der Waals surface area contributed by atoms with Crippen molar-refractivity contribution >= 4 is 21.9 Å². The van der Waals surface area contributed by atoms with Crippen LogP contribution in [0.2, 0.25) is 0 Å². The van der Waals surface area contributed by atoms with Crippen molar-refractivity contribution in [2.45, 2.75) is 38.8 Å². The van der Waals surface area contributed by atoms with E-state index in [1.807, 2.05) is 6.92 Å². The summed E-state index contributed by atoms with van der Waals surface area (Å²) in [4.78, 5) is 11.0. The highest BCUT2D eigenvalue weighted by molar-refractivity contribution is 9.10. The van der Waals surface area contributed by atoms with Gasteiger partial charge in [0, 0.05) is 11.0 Å². The van der Waals surface area contributed by atoms with Gasteiger partial charge in [0.05, 0.1) is 0 Å². The summed E-state index contributed by atoms with van der Waals surface area (Å²) >= 11 is 3.21. The van der Waals surface area contributed by atoms with Gasteiger partial charge in [-0.15, -0.1) is 0 Å². The predicted molar refractivity (Wildman–Crippen MR) is 71.9 cm³/mol. The first kappa shape index (κ1) is 15.1. The van der Waals surface area contributed by atoms with Gasteiger partial charge in [0.25, 0.3) is 0 Å². The number of aliphatic carboxylic acids is 1. The highest BCUT2D eigenvalue weighted by Gasteiger charge is 2.15. The number of nitrogens with one attached hydrogen (secondary N) is 1. The topological polar surface area (TPSA) is 49.3 Å². The minimum Gasteiger partial charge on any atom is -0.480 e. The van der Waals surface area contributed by atoms with Crippen molar-refractivity contribution in [1.82, 2.24) is 5.32 Å². The molecule has 0 heterocycles. The molecule has 0 amide bonds. The molecule has 1 atom stereocenters. The minimum absolute atomic E-state index is 0.332. The fourth-order valence-electron chi connectivity index (χ4n) is 1.68. The third-order valence-electron chi connectivity index (χ3n) is 2.62. The maximum absolute atomic E-state index is 13.1. The van der Waals surface area contributed by atoms with Crippen LogP contribution in [-0.2, 0) is 11.3 Å². The maximum atomic E-state index is 13.1. The number of benzene rings is 1. The van der Waals surface area contributed by atoms with Crippen molar-refractivity contribution in [3.63, 3.8) is 0 Å². The zero-order chi connectivity index (χ0) is 13.5. The summed E-state index contributed by atoms with van der Waals surface area (Å²) in [7, 11) is 0. The molecular formula is C13H17BrFNO2. The van der Waals surface area contributed by atoms with E-state index in [2.05, 4.69) is 21.2 Å². The molecule has 0 unspecified atom stereocenters. The van der Waals surface area contributed by atoms with E-state index >= 15 is 0 Å². The van der Waals surface area contributed by atoms with Crippen LogP contribution in [0.15, 0.2) is 22.7 Å². The van der Waals surface area contributed by atoms with Gasteiger partial charge < -0.3 is 10.4 Å². The van der Waals surface area contributed by atoms with E-state index in [1.165, 1.54) is 12.1 Å². The van der Waals surface area contributed by atoms with E-state index in [0.29, 0.717) is 17.4 Å². The highest BCUT2D eigenvalue weighted by Crippen LogP contribution is 2.15. The molecule has 0 aromatic heterocycles. The Balaban J connectivity index is 2.58. The van der Waals surface area contributed by atoms with E-state index in [4.69, 9.17) is 5.11 Å². The third kappa shape index (κ3) is 5.14. The van der Waals surface area contributed by atoms with Crippen molar-refractivity contribution in [1.29, 1.82) is 0 Å². The van der Waals surface area contributed by atoms with Crippen LogP contribution in [0.5, 0.6) is 0 Å². The Morgan fingerprint density at radius 3 is 2.78 bits per heavy atom. The Labute approximate surface area is 115 Å². The largest absolute Gasteiger partial charge is 0.480 e. The standard InChI is InChI=1S/C13H17BrFNO2/c1-2-3-4-12(13(17)18)16-8-9-5-10(14)7-11(15)6-9/h5-7,12,16H,2-4,8H2,1H3,(H,17,18)/t12-/m0/s1. The zero-order valence-electron chi connectivity index (χ0n) is 10.2. The predicted octanol–water partition coefficient (Wildman–Crippen LogP) is 3.32. The van der Waals surface area contributed by atoms with Crippen molar-refractivity contribution < 1.29 is 14.3 Å². The molecule has 0 aliphatic rings. The van der Waals surface area contributed by atoms with Gasteiger partial charge >= 0.3 is 5.97 Å². The van der Waals surface area contributed by atoms with Crippen LogP contribution in [0.1, 0.15) is 31.7 Å². The molecule has 1 rings (SSSR count). The summed E-state index contributed by atoms with van der Waals surface area (Å²) in [5, 5.41) is 12.0. The molecule has 1 aromatic rings. The van der Waals surface area contributed by atoms with E-state index in [-0.39, 0.29) is 5.82 Å². The number of hydrogen-bond acceptors (Lipinski definition) is 2. The molecule has 0 fully saturated rings. The molecule has 18 heavy (non-hydrogen) atoms. The molecule has 5 heteroatoms. The normalized spacial score (nSPS) is 12.4. The van der Waals surface area contributed by atoms with E-state index in [9.17, 15) is 9.18 Å². The third-order valence-corrected chi connectivity index (χ3v) is 3.08. The van der Waals surface area contributed by atoms with E-state index in [1.54, 1.807) is 6.07 Å². The fraction of sp³-hybridized carbons (Fsp3) is 0.462. The molecule has 0 spiro atoms. The summed E-state index contributed by atoms with van der Waals surface area (Å²) in [6.07, 6.45) is 2.40. The van der Waals surface area contributed by atoms with Gasteiger partial charge in [-0.1, -0.05) is 35.7 Å². The number of rotatable bonds is 7. The number of carboxylic acid groups (broad SMARTS) is 1. The molecule has 0 radical (unpaired) electrons. The first-order valence-corrected chi connectivity index (χ1v) is 6.73. The molecule has 0 bridgehead atoms. The summed E-state index contributed by atoms with van der Waals surface area (Å²) in [6, 6.07) is 3.97. The number of carboxylic acids is 1. The maximum Gasteiger partial charge on any atom is 0.320 e. The molecule has 1 aromatic carbocycles. The smallest absolute Gasteiger partial charge is 0.320 e. The Morgan fingerprint density at radius 1 is 1.50 bits per heavy atom. The van der Waals surface area contributed by atoms with Gasteiger partial charge in [0.15, 0.2) is 0 Å². The molecule has 0 aliphatic carbocycles. The second kappa shape index (κ2) is 7.48. The van der Waals surface area contributed by atoms with Crippen LogP contribution in [0.3, 0.4) is 0 Å². The summed E-state index contributed by atoms with van der Waals surface area (Å²) < 4.78 is 13.8. The van der Waals surface area contributed by atoms with Crippen LogP contribution in [0, 0.1) is 5.82 Å². The number of halogens is 2. The molecule has 0 saturated heterocycles.